The molecule has 314 valence electrons. The Balaban J connectivity index is 0.000000219. The van der Waals surface area contributed by atoms with Crippen molar-refractivity contribution in [2.45, 2.75) is 169 Å². The maximum atomic E-state index is 11.9. The van der Waals surface area contributed by atoms with Gasteiger partial charge < -0.3 is 19.1 Å². The maximum Gasteiger partial charge on any atom is 0.311 e. The molecule has 57 heavy (non-hydrogen) atoms. The lowest BCUT2D eigenvalue weighted by Crippen LogP contribution is -2.24. The first-order valence-electron chi connectivity index (χ1n) is 22.8. The smallest absolute Gasteiger partial charge is 0.311 e. The molecule has 0 spiro atoms. The molecule has 3 saturated carbocycles. The van der Waals surface area contributed by atoms with Gasteiger partial charge >= 0.3 is 5.97 Å². The van der Waals surface area contributed by atoms with Crippen molar-refractivity contribution in [1.29, 1.82) is 0 Å². The lowest BCUT2D eigenvalue weighted by molar-refractivity contribution is -0.217. The standard InChI is InChI=1S/C26H36O4.C25H38O2/c1-20-6-11-24(12-7-20)27-16-4-5-17-28-26-15-10-23(18-22(26)3)19-29-30-25-13-8-21(2)9-14-25;1-3-4-5-6-25(26)27-24-17-15-23(16-18-24)22-13-11-21(12-14-22)20-9-7-19(2)8-10-20/h8-10,13-15,18,20,24H,4-7,11-12,16-17,19H2,1-3H3;15-22H,3-14H2,1-2H3. The van der Waals surface area contributed by atoms with Crippen LogP contribution in [0.15, 0.2) is 66.7 Å². The molecule has 0 radical (unpaired) electrons. The summed E-state index contributed by atoms with van der Waals surface area (Å²) in [6, 6.07) is 22.3. The van der Waals surface area contributed by atoms with Crippen LogP contribution in [0.25, 0.3) is 0 Å². The number of carbonyl (C=O) groups excluding carboxylic acids is 1. The molecule has 3 aliphatic carbocycles. The third kappa shape index (κ3) is 16.1. The molecule has 0 saturated heterocycles. The van der Waals surface area contributed by atoms with Crippen molar-refractivity contribution in [3.63, 3.8) is 0 Å². The number of hydrogen-bond acceptors (Lipinski definition) is 6. The second-order valence-electron chi connectivity index (χ2n) is 17.7. The van der Waals surface area contributed by atoms with Crippen molar-refractivity contribution in [2.75, 3.05) is 13.2 Å². The first-order chi connectivity index (χ1) is 27.7. The summed E-state index contributed by atoms with van der Waals surface area (Å²) in [5.41, 5.74) is 4.79. The highest BCUT2D eigenvalue weighted by atomic mass is 17.2. The van der Waals surface area contributed by atoms with Gasteiger partial charge in [0.15, 0.2) is 5.75 Å². The van der Waals surface area contributed by atoms with Crippen molar-refractivity contribution in [3.05, 3.63) is 89.0 Å². The average Bonchev–Trinajstić information content (AvgIpc) is 3.22. The van der Waals surface area contributed by atoms with Crippen LogP contribution in [0.3, 0.4) is 0 Å². The Morgan fingerprint density at radius 3 is 1.91 bits per heavy atom. The monoisotopic (exact) mass is 783 g/mol. The minimum Gasteiger partial charge on any atom is -0.493 e. The highest BCUT2D eigenvalue weighted by Gasteiger charge is 2.30. The van der Waals surface area contributed by atoms with E-state index < -0.39 is 0 Å². The second-order valence-corrected chi connectivity index (χ2v) is 17.7. The molecule has 6 rings (SSSR count). The number of carbonyl (C=O) groups is 1. The van der Waals surface area contributed by atoms with E-state index >= 15 is 0 Å². The normalized spacial score (nSPS) is 23.5. The predicted octanol–water partition coefficient (Wildman–Crippen LogP) is 13.8. The highest BCUT2D eigenvalue weighted by Crippen LogP contribution is 2.44. The molecule has 3 fully saturated rings. The molecule has 0 unspecified atom stereocenters. The molecule has 0 N–H and O–H groups in total. The number of esters is 1. The molecule has 0 atom stereocenters. The van der Waals surface area contributed by atoms with Gasteiger partial charge in [-0.15, -0.1) is 0 Å². The molecule has 3 aliphatic rings. The number of ether oxygens (including phenoxy) is 3. The molecule has 6 nitrogen and oxygen atoms in total. The lowest BCUT2D eigenvalue weighted by Gasteiger charge is -2.37. The topological polar surface area (TPSA) is 63.2 Å². The van der Waals surface area contributed by atoms with E-state index in [1.54, 1.807) is 0 Å². The minimum atomic E-state index is -0.0986. The molecule has 0 aromatic heterocycles. The molecule has 0 bridgehead atoms. The van der Waals surface area contributed by atoms with E-state index in [0.29, 0.717) is 36.5 Å². The van der Waals surface area contributed by atoms with E-state index in [9.17, 15) is 4.79 Å². The minimum absolute atomic E-state index is 0.0986. The Bertz CT molecular complexity index is 1540. The summed E-state index contributed by atoms with van der Waals surface area (Å²) >= 11 is 0. The fourth-order valence-electron chi connectivity index (χ4n) is 8.95. The van der Waals surface area contributed by atoms with Gasteiger partial charge in [-0.25, -0.2) is 0 Å². The average molecular weight is 783 g/mol. The van der Waals surface area contributed by atoms with Gasteiger partial charge in [-0.2, -0.15) is 4.89 Å². The number of benzene rings is 3. The van der Waals surface area contributed by atoms with Gasteiger partial charge in [-0.1, -0.05) is 82.3 Å². The van der Waals surface area contributed by atoms with Gasteiger partial charge in [0.2, 0.25) is 0 Å². The van der Waals surface area contributed by atoms with Crippen molar-refractivity contribution in [3.8, 4) is 17.2 Å². The third-order valence-corrected chi connectivity index (χ3v) is 12.8. The summed E-state index contributed by atoms with van der Waals surface area (Å²) in [5, 5.41) is 0. The Kier molecular flexibility index (Phi) is 19.3. The van der Waals surface area contributed by atoms with Crippen LogP contribution in [0.2, 0.25) is 0 Å². The summed E-state index contributed by atoms with van der Waals surface area (Å²) in [5.74, 6) is 6.73. The summed E-state index contributed by atoms with van der Waals surface area (Å²) in [6.45, 7) is 13.0. The Labute approximate surface area is 345 Å². The van der Waals surface area contributed by atoms with Gasteiger partial charge in [-0.05, 0) is 180 Å². The zero-order chi connectivity index (χ0) is 40.2. The summed E-state index contributed by atoms with van der Waals surface area (Å²) < 4.78 is 17.4. The van der Waals surface area contributed by atoms with E-state index in [2.05, 4.69) is 45.9 Å². The van der Waals surface area contributed by atoms with E-state index in [1.165, 1.54) is 88.2 Å². The summed E-state index contributed by atoms with van der Waals surface area (Å²) in [6.07, 6.45) is 22.6. The van der Waals surface area contributed by atoms with Crippen LogP contribution in [0.5, 0.6) is 17.2 Å². The maximum absolute atomic E-state index is 11.9. The van der Waals surface area contributed by atoms with E-state index in [4.69, 9.17) is 24.0 Å². The number of aryl methyl sites for hydroxylation is 2. The quantitative estimate of drug-likeness (QED) is 0.0421. The van der Waals surface area contributed by atoms with E-state index in [-0.39, 0.29) is 5.97 Å². The molecular formula is C51H74O6. The van der Waals surface area contributed by atoms with Crippen LogP contribution in [-0.2, 0) is 21.0 Å². The van der Waals surface area contributed by atoms with Crippen LogP contribution >= 0.6 is 0 Å². The molecular weight excluding hydrogens is 709 g/mol. The van der Waals surface area contributed by atoms with E-state index in [1.807, 2.05) is 55.5 Å². The SMILES string of the molecule is CCCCCC(=O)Oc1ccc(C2CCC(C3CCC(C)CC3)CC2)cc1.Cc1ccc(OOCc2ccc(OCCCCOC3CCC(C)CC3)c(C)c2)cc1. The van der Waals surface area contributed by atoms with Gasteiger partial charge in [-0.3, -0.25) is 4.79 Å². The Morgan fingerprint density at radius 1 is 0.649 bits per heavy atom. The van der Waals surface area contributed by atoms with Crippen molar-refractivity contribution < 1.29 is 28.8 Å². The van der Waals surface area contributed by atoms with Crippen LogP contribution in [0, 0.1) is 37.5 Å². The molecule has 3 aromatic rings. The number of unbranched alkanes of at least 4 members (excludes halogenated alkanes) is 3. The summed E-state index contributed by atoms with van der Waals surface area (Å²) in [4.78, 5) is 22.6. The van der Waals surface area contributed by atoms with Crippen LogP contribution in [0.1, 0.15) is 165 Å². The van der Waals surface area contributed by atoms with Crippen molar-refractivity contribution in [1.82, 2.24) is 0 Å². The second kappa shape index (κ2) is 24.5. The van der Waals surface area contributed by atoms with Gasteiger partial charge in [0.05, 0.1) is 12.7 Å². The number of hydrogen-bond donors (Lipinski definition) is 0. The molecule has 0 aliphatic heterocycles. The van der Waals surface area contributed by atoms with Crippen LogP contribution in [-0.4, -0.2) is 25.3 Å². The van der Waals surface area contributed by atoms with Gasteiger partial charge in [0, 0.05) is 13.0 Å². The fourth-order valence-corrected chi connectivity index (χ4v) is 8.95. The summed E-state index contributed by atoms with van der Waals surface area (Å²) in [7, 11) is 0. The Morgan fingerprint density at radius 2 is 1.26 bits per heavy atom. The van der Waals surface area contributed by atoms with Gasteiger partial charge in [0.25, 0.3) is 0 Å². The highest BCUT2D eigenvalue weighted by molar-refractivity contribution is 5.72. The van der Waals surface area contributed by atoms with Crippen molar-refractivity contribution in [2.24, 2.45) is 23.7 Å². The van der Waals surface area contributed by atoms with Gasteiger partial charge in [0.1, 0.15) is 18.1 Å². The molecule has 3 aromatic carbocycles. The van der Waals surface area contributed by atoms with E-state index in [0.717, 1.165) is 85.9 Å². The third-order valence-electron chi connectivity index (χ3n) is 12.8. The fraction of sp³-hybridized carbons (Fsp3) is 0.627. The zero-order valence-electron chi connectivity index (χ0n) is 36.1. The Hall–Kier alpha value is -3.35. The van der Waals surface area contributed by atoms with Crippen LogP contribution in [0.4, 0.5) is 0 Å². The van der Waals surface area contributed by atoms with Crippen LogP contribution < -0.4 is 14.4 Å². The first-order valence-corrected chi connectivity index (χ1v) is 22.8. The zero-order valence-corrected chi connectivity index (χ0v) is 36.1. The lowest BCUT2D eigenvalue weighted by atomic mass is 9.68. The molecule has 6 heteroatoms. The number of rotatable bonds is 18. The molecule has 0 amide bonds. The largest absolute Gasteiger partial charge is 0.493 e. The first kappa shape index (κ1) is 44.7. The van der Waals surface area contributed by atoms with Crippen molar-refractivity contribution >= 4 is 5.97 Å². The predicted molar refractivity (Wildman–Crippen MR) is 232 cm³/mol. The molecule has 0 heterocycles.